The van der Waals surface area contributed by atoms with Gasteiger partial charge in [0.1, 0.15) is 0 Å². The van der Waals surface area contributed by atoms with E-state index in [4.69, 9.17) is 10.2 Å². The number of nitrogens with zero attached hydrogens (tertiary/aromatic N) is 1. The third-order valence-electron chi connectivity index (χ3n) is 1.18. The average Bonchev–Trinajstić information content (AvgIpc) is 2.52. The van der Waals surface area contributed by atoms with Crippen LogP contribution in [0, 0.1) is 0 Å². The molecule has 5 nitrogen and oxygen atoms in total. The van der Waals surface area contributed by atoms with Gasteiger partial charge in [-0.15, -0.1) is 0 Å². The van der Waals surface area contributed by atoms with Gasteiger partial charge in [-0.3, -0.25) is 0 Å². The third kappa shape index (κ3) is 1.63. The van der Waals surface area contributed by atoms with E-state index in [0.717, 1.165) is 6.34 Å². The predicted octanol–water partition coefficient (Wildman–Crippen LogP) is 0.685. The van der Waals surface area contributed by atoms with E-state index in [0.29, 0.717) is 0 Å². The number of aliphatic imine (C=N–C) groups is 1. The van der Waals surface area contributed by atoms with E-state index >= 15 is 0 Å². The summed E-state index contributed by atoms with van der Waals surface area (Å²) in [5, 5.41) is 0. The van der Waals surface area contributed by atoms with Crippen molar-refractivity contribution in [1.29, 1.82) is 0 Å². The minimum atomic E-state index is -0.534. The minimum Gasteiger partial charge on any atom is -0.463 e. The highest BCUT2D eigenvalue weighted by Gasteiger charge is 2.09. The first-order valence-electron chi connectivity index (χ1n) is 3.20. The van der Waals surface area contributed by atoms with E-state index in [9.17, 15) is 4.79 Å². The van der Waals surface area contributed by atoms with Crippen molar-refractivity contribution in [2.75, 3.05) is 7.11 Å². The molecule has 1 heterocycles. The number of methoxy groups -OCH3 is 1. The first-order chi connectivity index (χ1) is 5.77. The highest BCUT2D eigenvalue weighted by atomic mass is 16.5. The van der Waals surface area contributed by atoms with Crippen LogP contribution in [0.3, 0.4) is 0 Å². The second-order valence-corrected chi connectivity index (χ2v) is 1.91. The zero-order valence-electron chi connectivity index (χ0n) is 6.48. The molecule has 0 saturated heterocycles. The second kappa shape index (κ2) is 3.56. The second-order valence-electron chi connectivity index (χ2n) is 1.91. The van der Waals surface area contributed by atoms with Gasteiger partial charge in [0.05, 0.1) is 13.4 Å². The van der Waals surface area contributed by atoms with Gasteiger partial charge >= 0.3 is 5.97 Å². The lowest BCUT2D eigenvalue weighted by Crippen LogP contribution is -1.97. The number of hydrogen-bond donors (Lipinski definition) is 1. The lowest BCUT2D eigenvalue weighted by atomic mass is 10.5. The normalized spacial score (nSPS) is 10.4. The fourth-order valence-electron chi connectivity index (χ4n) is 0.681. The Morgan fingerprint density at radius 1 is 1.75 bits per heavy atom. The summed E-state index contributed by atoms with van der Waals surface area (Å²) in [6, 6.07) is 2.99. The molecule has 0 saturated carbocycles. The zero-order chi connectivity index (χ0) is 8.97. The maximum Gasteiger partial charge on any atom is 0.374 e. The van der Waals surface area contributed by atoms with Gasteiger partial charge in [0.25, 0.3) is 0 Å². The standard InChI is InChI=1S/C7H8N2O3/c1-11-7(10)5-2-3-6(12-5)9-4-8/h2-4H,1H3,(H2,8,9). The summed E-state index contributed by atoms with van der Waals surface area (Å²) in [7, 11) is 1.27. The largest absolute Gasteiger partial charge is 0.463 e. The Hall–Kier alpha value is -1.78. The number of carbonyl (C=O) groups excluding carboxylic acids is 1. The molecule has 0 radical (unpaired) electrons. The van der Waals surface area contributed by atoms with Crippen LogP contribution in [-0.2, 0) is 4.74 Å². The molecule has 0 spiro atoms. The zero-order valence-corrected chi connectivity index (χ0v) is 6.48. The average molecular weight is 168 g/mol. The molecular formula is C7H8N2O3. The number of carbonyl (C=O) groups is 1. The van der Waals surface area contributed by atoms with Crippen molar-refractivity contribution in [2.45, 2.75) is 0 Å². The molecule has 0 bridgehead atoms. The molecule has 64 valence electrons. The monoisotopic (exact) mass is 168 g/mol. The highest BCUT2D eigenvalue weighted by Crippen LogP contribution is 2.16. The van der Waals surface area contributed by atoms with Crippen molar-refractivity contribution < 1.29 is 13.9 Å². The van der Waals surface area contributed by atoms with Crippen molar-refractivity contribution in [2.24, 2.45) is 10.7 Å². The first-order valence-corrected chi connectivity index (χ1v) is 3.20. The van der Waals surface area contributed by atoms with Crippen molar-refractivity contribution >= 4 is 18.2 Å². The SMILES string of the molecule is COC(=O)c1ccc(/N=C/N)o1. The number of rotatable bonds is 2. The Balaban J connectivity index is 2.84. The molecule has 12 heavy (non-hydrogen) atoms. The molecule has 5 heteroatoms. The van der Waals surface area contributed by atoms with Gasteiger partial charge in [0.15, 0.2) is 0 Å². The quantitative estimate of drug-likeness (QED) is 0.400. The topological polar surface area (TPSA) is 77.8 Å². The smallest absolute Gasteiger partial charge is 0.374 e. The molecule has 0 aliphatic heterocycles. The van der Waals surface area contributed by atoms with E-state index in [1.807, 2.05) is 0 Å². The third-order valence-corrected chi connectivity index (χ3v) is 1.18. The van der Waals surface area contributed by atoms with Crippen LogP contribution in [0.1, 0.15) is 10.6 Å². The Morgan fingerprint density at radius 3 is 3.08 bits per heavy atom. The summed E-state index contributed by atoms with van der Waals surface area (Å²) >= 11 is 0. The van der Waals surface area contributed by atoms with Crippen molar-refractivity contribution in [1.82, 2.24) is 0 Å². The Labute approximate surface area is 68.8 Å². The van der Waals surface area contributed by atoms with Gasteiger partial charge in [-0.05, 0) is 6.07 Å². The fourth-order valence-corrected chi connectivity index (χ4v) is 0.681. The number of furan rings is 1. The number of hydrogen-bond acceptors (Lipinski definition) is 4. The van der Waals surface area contributed by atoms with Gasteiger partial charge in [-0.1, -0.05) is 0 Å². The molecule has 0 aliphatic carbocycles. The lowest BCUT2D eigenvalue weighted by molar-refractivity contribution is 0.0566. The summed E-state index contributed by atoms with van der Waals surface area (Å²) in [5.74, 6) is -0.149. The van der Waals surface area contributed by atoms with Crippen LogP contribution < -0.4 is 5.73 Å². The molecule has 2 N–H and O–H groups in total. The van der Waals surface area contributed by atoms with E-state index in [2.05, 4.69) is 9.73 Å². The summed E-state index contributed by atoms with van der Waals surface area (Å²) in [5.41, 5.74) is 5.01. The fraction of sp³-hybridized carbons (Fsp3) is 0.143. The maximum absolute atomic E-state index is 10.8. The van der Waals surface area contributed by atoms with Crippen LogP contribution in [-0.4, -0.2) is 19.4 Å². The van der Waals surface area contributed by atoms with E-state index in [-0.39, 0.29) is 11.6 Å². The molecule has 0 fully saturated rings. The molecule has 0 unspecified atom stereocenters. The summed E-state index contributed by atoms with van der Waals surface area (Å²) in [6.07, 6.45) is 1.08. The van der Waals surface area contributed by atoms with Gasteiger partial charge in [0.2, 0.25) is 11.6 Å². The maximum atomic E-state index is 10.8. The van der Waals surface area contributed by atoms with E-state index < -0.39 is 5.97 Å². The molecule has 0 aliphatic rings. The number of nitrogens with two attached hydrogens (primary N) is 1. The van der Waals surface area contributed by atoms with Crippen molar-refractivity contribution in [3.8, 4) is 0 Å². The molecule has 0 aromatic carbocycles. The Morgan fingerprint density at radius 2 is 2.50 bits per heavy atom. The van der Waals surface area contributed by atoms with Crippen LogP contribution in [0.25, 0.3) is 0 Å². The van der Waals surface area contributed by atoms with Crippen LogP contribution in [0.2, 0.25) is 0 Å². The Kier molecular flexibility index (Phi) is 2.47. The van der Waals surface area contributed by atoms with Crippen LogP contribution in [0.5, 0.6) is 0 Å². The minimum absolute atomic E-state index is 0.109. The number of esters is 1. The summed E-state index contributed by atoms with van der Waals surface area (Å²) < 4.78 is 9.34. The van der Waals surface area contributed by atoms with E-state index in [1.165, 1.54) is 19.2 Å². The lowest BCUT2D eigenvalue weighted by Gasteiger charge is -1.91. The van der Waals surface area contributed by atoms with Crippen LogP contribution in [0.4, 0.5) is 5.88 Å². The molecular weight excluding hydrogens is 160 g/mol. The molecule has 0 amide bonds. The van der Waals surface area contributed by atoms with Gasteiger partial charge < -0.3 is 14.9 Å². The summed E-state index contributed by atoms with van der Waals surface area (Å²) in [6.45, 7) is 0. The number of ether oxygens (including phenoxy) is 1. The van der Waals surface area contributed by atoms with Crippen LogP contribution in [0.15, 0.2) is 21.5 Å². The molecule has 1 aromatic rings. The summed E-state index contributed by atoms with van der Waals surface area (Å²) in [4.78, 5) is 14.5. The molecule has 1 aromatic heterocycles. The van der Waals surface area contributed by atoms with Gasteiger partial charge in [0, 0.05) is 6.07 Å². The van der Waals surface area contributed by atoms with E-state index in [1.54, 1.807) is 0 Å². The van der Waals surface area contributed by atoms with Gasteiger partial charge in [-0.2, -0.15) is 0 Å². The molecule has 0 atom stereocenters. The first kappa shape index (κ1) is 8.32. The predicted molar refractivity (Wildman–Crippen MR) is 42.4 cm³/mol. The van der Waals surface area contributed by atoms with Crippen LogP contribution >= 0.6 is 0 Å². The Bertz CT molecular complexity index is 303. The highest BCUT2D eigenvalue weighted by molar-refractivity contribution is 5.86. The van der Waals surface area contributed by atoms with Crippen molar-refractivity contribution in [3.63, 3.8) is 0 Å². The van der Waals surface area contributed by atoms with Crippen molar-refractivity contribution in [3.05, 3.63) is 17.9 Å². The molecule has 1 rings (SSSR count). The van der Waals surface area contributed by atoms with Gasteiger partial charge in [-0.25, -0.2) is 9.79 Å².